The van der Waals surface area contributed by atoms with Crippen molar-refractivity contribution in [1.29, 1.82) is 0 Å². The Labute approximate surface area is 206 Å². The van der Waals surface area contributed by atoms with Crippen molar-refractivity contribution in [3.05, 3.63) is 94.4 Å². The number of hydrogen-bond acceptors (Lipinski definition) is 6. The summed E-state index contributed by atoms with van der Waals surface area (Å²) in [4.78, 5) is 35.4. The number of fused-ring (bicyclic) bond motifs is 1. The van der Waals surface area contributed by atoms with Crippen LogP contribution in [0, 0.1) is 0 Å². The molecule has 1 fully saturated rings. The molecule has 3 aromatic carbocycles. The van der Waals surface area contributed by atoms with Gasteiger partial charge in [-0.2, -0.15) is 0 Å². The highest BCUT2D eigenvalue weighted by Crippen LogP contribution is 2.50. The molecule has 6 nitrogen and oxygen atoms in total. The van der Waals surface area contributed by atoms with Crippen molar-refractivity contribution >= 4 is 57.6 Å². The van der Waals surface area contributed by atoms with E-state index in [0.29, 0.717) is 28.0 Å². The SMILES string of the molecule is CC(=O)Nc1ccc(N=C2S/C(=C3\Sc4ccccc4N3C)C(=O)N2Cc2ccccc2)cc1. The molecule has 2 aliphatic rings. The van der Waals surface area contributed by atoms with E-state index >= 15 is 0 Å². The second-order valence-corrected chi connectivity index (χ2v) is 9.87. The summed E-state index contributed by atoms with van der Waals surface area (Å²) >= 11 is 3.01. The highest BCUT2D eigenvalue weighted by atomic mass is 32.2. The van der Waals surface area contributed by atoms with Gasteiger partial charge in [0, 0.05) is 24.6 Å². The van der Waals surface area contributed by atoms with Crippen LogP contribution in [0.3, 0.4) is 0 Å². The first-order valence-electron chi connectivity index (χ1n) is 10.7. The fraction of sp³-hybridized carbons (Fsp3) is 0.115. The normalized spacial score (nSPS) is 18.5. The number of aliphatic imine (C=N–C) groups is 1. The van der Waals surface area contributed by atoms with Gasteiger partial charge >= 0.3 is 0 Å². The summed E-state index contributed by atoms with van der Waals surface area (Å²) in [5.41, 5.74) is 3.55. The quantitative estimate of drug-likeness (QED) is 0.471. The Balaban J connectivity index is 1.51. The third-order valence-electron chi connectivity index (χ3n) is 5.39. The zero-order valence-corrected chi connectivity index (χ0v) is 20.3. The van der Waals surface area contributed by atoms with E-state index in [9.17, 15) is 9.59 Å². The van der Waals surface area contributed by atoms with E-state index in [1.807, 2.05) is 61.6 Å². The molecule has 0 unspecified atom stereocenters. The largest absolute Gasteiger partial charge is 0.337 e. The van der Waals surface area contributed by atoms with E-state index < -0.39 is 0 Å². The molecule has 0 spiro atoms. The number of amidine groups is 1. The number of hydrogen-bond donors (Lipinski definition) is 1. The van der Waals surface area contributed by atoms with E-state index in [-0.39, 0.29) is 11.8 Å². The maximum absolute atomic E-state index is 13.6. The molecule has 1 saturated heterocycles. The van der Waals surface area contributed by atoms with Gasteiger partial charge in [-0.25, -0.2) is 4.99 Å². The van der Waals surface area contributed by atoms with Crippen molar-refractivity contribution in [2.75, 3.05) is 17.3 Å². The molecular formula is C26H22N4O2S2. The van der Waals surface area contributed by atoms with Crippen LogP contribution >= 0.6 is 23.5 Å². The van der Waals surface area contributed by atoms with Crippen molar-refractivity contribution in [1.82, 2.24) is 4.90 Å². The molecule has 2 heterocycles. The van der Waals surface area contributed by atoms with Gasteiger partial charge in [0.2, 0.25) is 5.91 Å². The summed E-state index contributed by atoms with van der Waals surface area (Å²) in [5, 5.41) is 4.31. The lowest BCUT2D eigenvalue weighted by molar-refractivity contribution is -0.122. The molecule has 0 aliphatic carbocycles. The molecule has 2 amide bonds. The van der Waals surface area contributed by atoms with E-state index in [0.717, 1.165) is 21.2 Å². The first-order valence-corrected chi connectivity index (χ1v) is 12.4. The molecule has 0 aromatic heterocycles. The monoisotopic (exact) mass is 486 g/mol. The molecule has 0 radical (unpaired) electrons. The maximum Gasteiger partial charge on any atom is 0.269 e. The zero-order chi connectivity index (χ0) is 23.7. The highest BCUT2D eigenvalue weighted by molar-refractivity contribution is 8.19. The van der Waals surface area contributed by atoms with Gasteiger partial charge in [-0.1, -0.05) is 54.2 Å². The van der Waals surface area contributed by atoms with Crippen LogP contribution in [0.15, 0.2) is 98.7 Å². The molecule has 0 bridgehead atoms. The molecule has 0 saturated carbocycles. The number of nitrogens with one attached hydrogen (secondary N) is 1. The number of nitrogens with zero attached hydrogens (tertiary/aromatic N) is 3. The van der Waals surface area contributed by atoms with Crippen LogP contribution in [0.2, 0.25) is 0 Å². The fourth-order valence-electron chi connectivity index (χ4n) is 3.76. The molecule has 0 atom stereocenters. The smallest absolute Gasteiger partial charge is 0.269 e. The van der Waals surface area contributed by atoms with Gasteiger partial charge < -0.3 is 10.2 Å². The number of thioether (sulfide) groups is 2. The summed E-state index contributed by atoms with van der Waals surface area (Å²) in [6.45, 7) is 1.91. The van der Waals surface area contributed by atoms with Gasteiger partial charge in [-0.3, -0.25) is 14.5 Å². The second kappa shape index (κ2) is 9.40. The number of amides is 2. The number of carbonyl (C=O) groups excluding carboxylic acids is 2. The third kappa shape index (κ3) is 4.47. The molecule has 34 heavy (non-hydrogen) atoms. The van der Waals surface area contributed by atoms with Gasteiger partial charge in [-0.05, 0) is 53.7 Å². The van der Waals surface area contributed by atoms with Gasteiger partial charge in [0.25, 0.3) is 5.91 Å². The van der Waals surface area contributed by atoms with Crippen LogP contribution in [0.1, 0.15) is 12.5 Å². The summed E-state index contributed by atoms with van der Waals surface area (Å²) in [6, 6.07) is 25.4. The minimum Gasteiger partial charge on any atom is -0.337 e. The first-order chi connectivity index (χ1) is 16.5. The minimum atomic E-state index is -0.125. The van der Waals surface area contributed by atoms with Crippen LogP contribution in [-0.2, 0) is 16.1 Å². The van der Waals surface area contributed by atoms with Crippen molar-refractivity contribution in [3.8, 4) is 0 Å². The van der Waals surface area contributed by atoms with E-state index in [1.54, 1.807) is 28.8 Å². The molecule has 8 heteroatoms. The summed E-state index contributed by atoms with van der Waals surface area (Å²) < 4.78 is 0. The summed E-state index contributed by atoms with van der Waals surface area (Å²) in [6.07, 6.45) is 0. The molecule has 1 N–H and O–H groups in total. The lowest BCUT2D eigenvalue weighted by atomic mass is 10.2. The van der Waals surface area contributed by atoms with Gasteiger partial charge in [0.05, 0.1) is 22.9 Å². The lowest BCUT2D eigenvalue weighted by Crippen LogP contribution is -2.29. The molecular weight excluding hydrogens is 464 g/mol. The Kier molecular flexibility index (Phi) is 6.17. The predicted octanol–water partition coefficient (Wildman–Crippen LogP) is 5.82. The number of anilines is 2. The van der Waals surface area contributed by atoms with Crippen molar-refractivity contribution in [3.63, 3.8) is 0 Å². The van der Waals surface area contributed by atoms with Crippen molar-refractivity contribution < 1.29 is 9.59 Å². The third-order valence-corrected chi connectivity index (χ3v) is 7.82. The van der Waals surface area contributed by atoms with Crippen LogP contribution < -0.4 is 10.2 Å². The maximum atomic E-state index is 13.6. The van der Waals surface area contributed by atoms with Crippen LogP contribution in [0.4, 0.5) is 17.1 Å². The average molecular weight is 487 g/mol. The zero-order valence-electron chi connectivity index (χ0n) is 18.7. The van der Waals surface area contributed by atoms with E-state index in [1.165, 1.54) is 18.7 Å². The molecule has 3 aromatic rings. The average Bonchev–Trinajstić information content (AvgIpc) is 3.32. The fourth-order valence-corrected chi connectivity index (χ4v) is 6.10. The predicted molar refractivity (Wildman–Crippen MR) is 140 cm³/mol. The standard InChI is InChI=1S/C26H22N4O2S2/c1-17(31)27-19-12-14-20(15-13-19)28-26-30(16-18-8-4-3-5-9-18)24(32)23(34-26)25-29(2)21-10-6-7-11-22(21)33-25/h3-15H,16H2,1-2H3,(H,27,31)/b25-23-,28-26?. The van der Waals surface area contributed by atoms with Gasteiger partial charge in [-0.15, -0.1) is 0 Å². The summed E-state index contributed by atoms with van der Waals surface area (Å²) in [7, 11) is 1.99. The van der Waals surface area contributed by atoms with Gasteiger partial charge in [0.1, 0.15) is 4.91 Å². The highest BCUT2D eigenvalue weighted by Gasteiger charge is 2.39. The second-order valence-electron chi connectivity index (χ2n) is 7.86. The van der Waals surface area contributed by atoms with Gasteiger partial charge in [0.15, 0.2) is 5.17 Å². The van der Waals surface area contributed by atoms with E-state index in [4.69, 9.17) is 4.99 Å². The van der Waals surface area contributed by atoms with Crippen molar-refractivity contribution in [2.24, 2.45) is 4.99 Å². The first kappa shape index (κ1) is 22.3. The van der Waals surface area contributed by atoms with Crippen LogP contribution in [0.25, 0.3) is 0 Å². The van der Waals surface area contributed by atoms with Crippen LogP contribution in [0.5, 0.6) is 0 Å². The van der Waals surface area contributed by atoms with Crippen LogP contribution in [-0.4, -0.2) is 28.9 Å². The number of benzene rings is 3. The topological polar surface area (TPSA) is 65.0 Å². The molecule has 5 rings (SSSR count). The Morgan fingerprint density at radius 1 is 0.941 bits per heavy atom. The molecule has 2 aliphatic heterocycles. The Hall–Kier alpha value is -3.49. The molecule has 170 valence electrons. The lowest BCUT2D eigenvalue weighted by Gasteiger charge is -2.17. The Morgan fingerprint density at radius 2 is 1.65 bits per heavy atom. The van der Waals surface area contributed by atoms with E-state index in [2.05, 4.69) is 22.3 Å². The Bertz CT molecular complexity index is 1320. The van der Waals surface area contributed by atoms with Crippen molar-refractivity contribution in [2.45, 2.75) is 18.4 Å². The number of rotatable bonds is 4. The Morgan fingerprint density at radius 3 is 2.35 bits per heavy atom. The number of para-hydroxylation sites is 1. The summed E-state index contributed by atoms with van der Waals surface area (Å²) in [5.74, 6) is -0.176. The number of carbonyl (C=O) groups is 2. The minimum absolute atomic E-state index is 0.0513.